The lowest BCUT2D eigenvalue weighted by molar-refractivity contribution is -0.111. The summed E-state index contributed by atoms with van der Waals surface area (Å²) in [7, 11) is 0. The van der Waals surface area contributed by atoms with E-state index in [0.717, 1.165) is 56.5 Å². The fraction of sp³-hybridized carbons (Fsp3) is 0.481. The Balaban J connectivity index is 0.00000126. The molecule has 4 aliphatic rings. The van der Waals surface area contributed by atoms with Crippen LogP contribution in [0.4, 0.5) is 4.39 Å². The number of rotatable bonds is 2. The van der Waals surface area contributed by atoms with Crippen molar-refractivity contribution in [1.29, 1.82) is 0 Å². The number of hydrogen-bond donors (Lipinski definition) is 0. The van der Waals surface area contributed by atoms with Gasteiger partial charge in [0.05, 0.1) is 0 Å². The average Bonchev–Trinajstić information content (AvgIpc) is 3.00. The highest BCUT2D eigenvalue weighted by Crippen LogP contribution is 2.47. The fourth-order valence-electron chi connectivity index (χ4n) is 4.78. The first-order chi connectivity index (χ1) is 16.0. The number of fused-ring (bicyclic) bond motifs is 2. The Morgan fingerprint density at radius 3 is 2.55 bits per heavy atom. The summed E-state index contributed by atoms with van der Waals surface area (Å²) in [4.78, 5) is 27.8. The maximum atomic E-state index is 14.2. The van der Waals surface area contributed by atoms with Crippen LogP contribution in [0.15, 0.2) is 52.7 Å². The number of carbonyl (C=O) groups is 2. The third-order valence-electron chi connectivity index (χ3n) is 6.81. The Morgan fingerprint density at radius 1 is 1.12 bits per heavy atom. The molecule has 0 aromatic heterocycles. The van der Waals surface area contributed by atoms with E-state index in [1.807, 2.05) is 32.9 Å². The van der Waals surface area contributed by atoms with Crippen molar-refractivity contribution in [2.75, 3.05) is 25.4 Å². The molecular formula is C27H32FNO3S. The molecule has 1 unspecified atom stereocenters. The van der Waals surface area contributed by atoms with Gasteiger partial charge in [-0.25, -0.2) is 4.39 Å². The molecule has 1 spiro atoms. The second-order valence-electron chi connectivity index (χ2n) is 9.00. The summed E-state index contributed by atoms with van der Waals surface area (Å²) in [5.41, 5.74) is 1.90. The minimum Gasteiger partial charge on any atom is -0.484 e. The van der Waals surface area contributed by atoms with E-state index in [2.05, 4.69) is 11.0 Å². The topological polar surface area (TPSA) is 46.6 Å². The van der Waals surface area contributed by atoms with Crippen LogP contribution >= 0.6 is 11.8 Å². The first-order valence-electron chi connectivity index (χ1n) is 12.0. The molecule has 0 radical (unpaired) electrons. The second kappa shape index (κ2) is 9.98. The summed E-state index contributed by atoms with van der Waals surface area (Å²) < 4.78 is 20.7. The van der Waals surface area contributed by atoms with Crippen LogP contribution in [0, 0.1) is 5.92 Å². The summed E-state index contributed by atoms with van der Waals surface area (Å²) in [6, 6.07) is 7.22. The SMILES string of the molecule is CC.CC1CCC=C(CN2CCC3(CC2)CSC2=C(O3)c3ccccc3C(=O)C2=O)C=C1F. The van der Waals surface area contributed by atoms with Gasteiger partial charge >= 0.3 is 0 Å². The van der Waals surface area contributed by atoms with Gasteiger partial charge in [0.25, 0.3) is 0 Å². The molecule has 33 heavy (non-hydrogen) atoms. The number of benzene rings is 1. The number of carbonyl (C=O) groups excluding carboxylic acids is 2. The summed E-state index contributed by atoms with van der Waals surface area (Å²) in [5.74, 6) is 0.350. The molecule has 5 rings (SSSR count). The predicted octanol–water partition coefficient (Wildman–Crippen LogP) is 5.95. The summed E-state index contributed by atoms with van der Waals surface area (Å²) in [6.45, 7) is 8.42. The van der Waals surface area contributed by atoms with Crippen molar-refractivity contribution in [3.63, 3.8) is 0 Å². The average molecular weight is 470 g/mol. The third kappa shape index (κ3) is 4.73. The number of nitrogens with zero attached hydrogens (tertiary/aromatic N) is 1. The highest BCUT2D eigenvalue weighted by molar-refractivity contribution is 8.04. The van der Waals surface area contributed by atoms with E-state index in [1.54, 1.807) is 18.2 Å². The lowest BCUT2D eigenvalue weighted by atomic mass is 9.90. The van der Waals surface area contributed by atoms with E-state index in [1.165, 1.54) is 11.8 Å². The van der Waals surface area contributed by atoms with Crippen LogP contribution in [0.1, 0.15) is 62.4 Å². The van der Waals surface area contributed by atoms with Gasteiger partial charge in [0, 0.05) is 55.3 Å². The Morgan fingerprint density at radius 2 is 1.82 bits per heavy atom. The molecule has 0 saturated carbocycles. The van der Waals surface area contributed by atoms with Crippen molar-refractivity contribution in [3.05, 3.63) is 63.8 Å². The maximum absolute atomic E-state index is 14.2. The number of halogens is 1. The van der Waals surface area contributed by atoms with E-state index in [9.17, 15) is 14.0 Å². The van der Waals surface area contributed by atoms with E-state index in [-0.39, 0.29) is 17.3 Å². The monoisotopic (exact) mass is 469 g/mol. The molecule has 1 atom stereocenters. The molecule has 176 valence electrons. The molecule has 1 fully saturated rings. The highest BCUT2D eigenvalue weighted by Gasteiger charge is 2.45. The molecule has 0 amide bonds. The van der Waals surface area contributed by atoms with Crippen LogP contribution in [0.5, 0.6) is 0 Å². The van der Waals surface area contributed by atoms with Crippen LogP contribution in [-0.4, -0.2) is 47.5 Å². The number of thioether (sulfide) groups is 1. The van der Waals surface area contributed by atoms with Crippen LogP contribution in [0.3, 0.4) is 0 Å². The van der Waals surface area contributed by atoms with E-state index < -0.39 is 11.6 Å². The molecule has 0 N–H and O–H groups in total. The Labute approximate surface area is 199 Å². The third-order valence-corrected chi connectivity index (χ3v) is 8.14. The zero-order chi connectivity index (χ0) is 23.6. The maximum Gasteiger partial charge on any atom is 0.243 e. The van der Waals surface area contributed by atoms with Crippen LogP contribution < -0.4 is 0 Å². The number of hydrogen-bond acceptors (Lipinski definition) is 5. The van der Waals surface area contributed by atoms with Crippen molar-refractivity contribution < 1.29 is 18.7 Å². The summed E-state index contributed by atoms with van der Waals surface area (Å²) in [5, 5.41) is 0. The largest absolute Gasteiger partial charge is 0.484 e. The molecule has 6 heteroatoms. The van der Waals surface area contributed by atoms with Crippen molar-refractivity contribution in [1.82, 2.24) is 4.90 Å². The van der Waals surface area contributed by atoms with Gasteiger partial charge < -0.3 is 4.74 Å². The van der Waals surface area contributed by atoms with Crippen molar-refractivity contribution in [3.8, 4) is 0 Å². The normalized spacial score (nSPS) is 24.5. The molecule has 4 nitrogen and oxygen atoms in total. The van der Waals surface area contributed by atoms with E-state index >= 15 is 0 Å². The number of ketones is 2. The predicted molar refractivity (Wildman–Crippen MR) is 132 cm³/mol. The van der Waals surface area contributed by atoms with Gasteiger partial charge in [-0.1, -0.05) is 51.1 Å². The van der Waals surface area contributed by atoms with E-state index in [4.69, 9.17) is 4.74 Å². The zero-order valence-corrected chi connectivity index (χ0v) is 20.5. The first kappa shape index (κ1) is 24.0. The fourth-order valence-corrected chi connectivity index (χ4v) is 6.04. The molecule has 1 aromatic rings. The quantitative estimate of drug-likeness (QED) is 0.501. The molecule has 2 aliphatic carbocycles. The smallest absolute Gasteiger partial charge is 0.243 e. The number of piperidine rings is 1. The minimum absolute atomic E-state index is 0.00136. The number of allylic oxidation sites excluding steroid dienone is 3. The number of Topliss-reactive ketones (excluding diaryl/α,β-unsaturated/α-hetero) is 2. The first-order valence-corrected chi connectivity index (χ1v) is 13.0. The van der Waals surface area contributed by atoms with Crippen molar-refractivity contribution in [2.24, 2.45) is 5.92 Å². The number of ether oxygens (including phenoxy) is 1. The van der Waals surface area contributed by atoms with Crippen molar-refractivity contribution >= 4 is 29.1 Å². The standard InChI is InChI=1S/C25H26FNO3S.C2H6/c1-16-5-4-6-17(13-20(16)26)14-27-11-9-25(10-12-27)15-31-24-22(29)21(28)18-7-2-3-8-19(18)23(24)30-25;1-2/h2-3,6-8,13,16H,4-5,9-12,14-15H2,1H3;1-2H3. The van der Waals surface area contributed by atoms with Crippen LogP contribution in [0.25, 0.3) is 5.76 Å². The van der Waals surface area contributed by atoms with Gasteiger partial charge in [0.1, 0.15) is 22.1 Å². The molecule has 0 bridgehead atoms. The van der Waals surface area contributed by atoms with Gasteiger partial charge in [-0.3, -0.25) is 14.5 Å². The van der Waals surface area contributed by atoms with Crippen molar-refractivity contribution in [2.45, 2.75) is 52.1 Å². The van der Waals surface area contributed by atoms with Gasteiger partial charge in [-0.2, -0.15) is 0 Å². The van der Waals surface area contributed by atoms with Gasteiger partial charge in [-0.05, 0) is 24.5 Å². The molecule has 2 aliphatic heterocycles. The second-order valence-corrected chi connectivity index (χ2v) is 9.98. The zero-order valence-electron chi connectivity index (χ0n) is 19.7. The van der Waals surface area contributed by atoms with Gasteiger partial charge in [-0.15, -0.1) is 11.8 Å². The lowest BCUT2D eigenvalue weighted by Crippen LogP contribution is -2.49. The minimum atomic E-state index is -0.450. The summed E-state index contributed by atoms with van der Waals surface area (Å²) >= 11 is 1.46. The Kier molecular flexibility index (Phi) is 7.25. The highest BCUT2D eigenvalue weighted by atomic mass is 32.2. The molecule has 1 aromatic carbocycles. The number of likely N-dealkylation sites (tertiary alicyclic amines) is 1. The Bertz CT molecular complexity index is 1030. The van der Waals surface area contributed by atoms with E-state index in [0.29, 0.717) is 22.0 Å². The molecular weight excluding hydrogens is 437 g/mol. The molecule has 2 heterocycles. The van der Waals surface area contributed by atoms with Gasteiger partial charge in [0.2, 0.25) is 11.6 Å². The van der Waals surface area contributed by atoms with Crippen LogP contribution in [-0.2, 0) is 9.53 Å². The Hall–Kier alpha value is -2.18. The summed E-state index contributed by atoms with van der Waals surface area (Å²) in [6.07, 6.45) is 7.35. The molecule has 1 saturated heterocycles. The van der Waals surface area contributed by atoms with Gasteiger partial charge in [0.15, 0.2) is 0 Å². The van der Waals surface area contributed by atoms with Crippen LogP contribution in [0.2, 0.25) is 0 Å². The lowest BCUT2D eigenvalue weighted by Gasteiger charge is -2.45.